The van der Waals surface area contributed by atoms with Gasteiger partial charge in [0, 0.05) is 23.3 Å². The minimum atomic E-state index is -0.373. The van der Waals surface area contributed by atoms with Gasteiger partial charge in [0.2, 0.25) is 0 Å². The van der Waals surface area contributed by atoms with Crippen molar-refractivity contribution < 1.29 is 14.3 Å². The molecule has 0 fully saturated rings. The van der Waals surface area contributed by atoms with Gasteiger partial charge in [-0.3, -0.25) is 4.79 Å². The van der Waals surface area contributed by atoms with Gasteiger partial charge in [-0.15, -0.1) is 11.8 Å². The Labute approximate surface area is 138 Å². The summed E-state index contributed by atoms with van der Waals surface area (Å²) >= 11 is 7.87. The number of hydrogen-bond acceptors (Lipinski definition) is 4. The molecule has 2 aromatic carbocycles. The van der Waals surface area contributed by atoms with E-state index in [0.29, 0.717) is 11.6 Å². The lowest BCUT2D eigenvalue weighted by Crippen LogP contribution is -2.09. The topological polar surface area (TPSA) is 35.5 Å². The van der Waals surface area contributed by atoms with Gasteiger partial charge in [-0.2, -0.15) is 0 Å². The Morgan fingerprint density at radius 3 is 2.86 bits per heavy atom. The van der Waals surface area contributed by atoms with Gasteiger partial charge in [-0.25, -0.2) is 0 Å². The van der Waals surface area contributed by atoms with Gasteiger partial charge < -0.3 is 9.47 Å². The molecule has 3 nitrogen and oxygen atoms in total. The Balaban J connectivity index is 1.82. The molecule has 0 unspecified atom stereocenters. The zero-order valence-corrected chi connectivity index (χ0v) is 13.6. The second-order valence-electron chi connectivity index (χ2n) is 5.01. The van der Waals surface area contributed by atoms with Crippen LogP contribution in [0.25, 0.3) is 0 Å². The van der Waals surface area contributed by atoms with Gasteiger partial charge >= 0.3 is 5.97 Å². The molecular weight excluding hydrogens is 320 g/mol. The van der Waals surface area contributed by atoms with Crippen molar-refractivity contribution >= 4 is 29.3 Å². The van der Waals surface area contributed by atoms with E-state index < -0.39 is 0 Å². The Kier molecular flexibility index (Phi) is 4.60. The molecule has 0 spiro atoms. The summed E-state index contributed by atoms with van der Waals surface area (Å²) in [5, 5.41) is 0.622. The summed E-state index contributed by atoms with van der Waals surface area (Å²) in [6.45, 7) is 1.74. The Morgan fingerprint density at radius 1 is 1.36 bits per heavy atom. The first-order valence-electron chi connectivity index (χ1n) is 6.93. The van der Waals surface area contributed by atoms with E-state index in [1.807, 2.05) is 30.3 Å². The van der Waals surface area contributed by atoms with E-state index in [2.05, 4.69) is 12.1 Å². The summed E-state index contributed by atoms with van der Waals surface area (Å²) in [6, 6.07) is 13.9. The van der Waals surface area contributed by atoms with E-state index in [1.54, 1.807) is 11.8 Å². The number of fused-ring (bicyclic) bond motifs is 1. The van der Waals surface area contributed by atoms with Crippen LogP contribution in [0, 0.1) is 0 Å². The van der Waals surface area contributed by atoms with Gasteiger partial charge in [0.1, 0.15) is 12.4 Å². The van der Waals surface area contributed by atoms with Crippen LogP contribution in [-0.4, -0.2) is 12.6 Å². The highest BCUT2D eigenvalue weighted by atomic mass is 35.5. The van der Waals surface area contributed by atoms with Crippen molar-refractivity contribution in [1.29, 1.82) is 0 Å². The molecule has 0 bridgehead atoms. The third-order valence-corrected chi connectivity index (χ3v) is 4.63. The molecule has 3 rings (SSSR count). The standard InChI is InChI=1S/C17H15ClO3S/c1-11(19)21-15-9-20-17-14(15)7-13(18)8-16(17)22-10-12-5-3-2-4-6-12/h2-8,15H,9-10H2,1H3/t15-/m0/s1. The fraction of sp³-hybridized carbons (Fsp3) is 0.235. The molecule has 1 aliphatic heterocycles. The summed E-state index contributed by atoms with van der Waals surface area (Å²) in [5.74, 6) is 1.28. The first-order valence-corrected chi connectivity index (χ1v) is 8.30. The molecule has 0 saturated carbocycles. The van der Waals surface area contributed by atoms with E-state index in [-0.39, 0.29) is 12.1 Å². The maximum absolute atomic E-state index is 11.2. The number of carbonyl (C=O) groups is 1. The normalized spacial score (nSPS) is 16.0. The van der Waals surface area contributed by atoms with Crippen molar-refractivity contribution in [2.45, 2.75) is 23.7 Å². The van der Waals surface area contributed by atoms with Gasteiger partial charge in [-0.05, 0) is 17.7 Å². The molecule has 1 aliphatic rings. The second kappa shape index (κ2) is 6.63. The Hall–Kier alpha value is -1.65. The van der Waals surface area contributed by atoms with Crippen LogP contribution in [0.1, 0.15) is 24.2 Å². The molecule has 0 saturated heterocycles. The van der Waals surface area contributed by atoms with Gasteiger partial charge in [0.25, 0.3) is 0 Å². The molecular formula is C17H15ClO3S. The molecule has 22 heavy (non-hydrogen) atoms. The number of rotatable bonds is 4. The minimum Gasteiger partial charge on any atom is -0.488 e. The maximum atomic E-state index is 11.2. The van der Waals surface area contributed by atoms with Gasteiger partial charge in [0.15, 0.2) is 6.10 Å². The summed E-state index contributed by atoms with van der Waals surface area (Å²) in [6.07, 6.45) is -0.373. The number of halogens is 1. The van der Waals surface area contributed by atoms with Crippen LogP contribution < -0.4 is 4.74 Å². The number of thioether (sulfide) groups is 1. The maximum Gasteiger partial charge on any atom is 0.303 e. The monoisotopic (exact) mass is 334 g/mol. The number of carbonyl (C=O) groups excluding carboxylic acids is 1. The van der Waals surface area contributed by atoms with Crippen molar-refractivity contribution in [1.82, 2.24) is 0 Å². The van der Waals surface area contributed by atoms with Crippen molar-refractivity contribution in [2.24, 2.45) is 0 Å². The van der Waals surface area contributed by atoms with Crippen LogP contribution >= 0.6 is 23.4 Å². The first kappa shape index (κ1) is 15.3. The average Bonchev–Trinajstić information content (AvgIpc) is 2.88. The lowest BCUT2D eigenvalue weighted by molar-refractivity contribution is -0.147. The largest absolute Gasteiger partial charge is 0.488 e. The molecule has 0 amide bonds. The smallest absolute Gasteiger partial charge is 0.303 e. The number of ether oxygens (including phenoxy) is 2. The van der Waals surface area contributed by atoms with E-state index >= 15 is 0 Å². The van der Waals surface area contributed by atoms with Crippen LogP contribution in [0.15, 0.2) is 47.4 Å². The van der Waals surface area contributed by atoms with Crippen LogP contribution in [-0.2, 0) is 15.3 Å². The van der Waals surface area contributed by atoms with E-state index in [0.717, 1.165) is 22.0 Å². The zero-order chi connectivity index (χ0) is 15.5. The van der Waals surface area contributed by atoms with Crippen molar-refractivity contribution in [3.8, 4) is 5.75 Å². The van der Waals surface area contributed by atoms with Crippen LogP contribution in [0.5, 0.6) is 5.75 Å². The van der Waals surface area contributed by atoms with Crippen LogP contribution in [0.3, 0.4) is 0 Å². The third kappa shape index (κ3) is 3.39. The molecule has 1 atom stereocenters. The van der Waals surface area contributed by atoms with E-state index in [9.17, 15) is 4.79 Å². The average molecular weight is 335 g/mol. The number of esters is 1. The highest BCUT2D eigenvalue weighted by Crippen LogP contribution is 2.44. The molecule has 0 radical (unpaired) electrons. The predicted molar refractivity (Wildman–Crippen MR) is 87.5 cm³/mol. The molecule has 0 aromatic heterocycles. The lowest BCUT2D eigenvalue weighted by atomic mass is 10.1. The molecule has 0 aliphatic carbocycles. The zero-order valence-electron chi connectivity index (χ0n) is 12.0. The second-order valence-corrected chi connectivity index (χ2v) is 6.46. The number of benzene rings is 2. The Bertz CT molecular complexity index is 688. The van der Waals surface area contributed by atoms with Gasteiger partial charge in [0.05, 0.1) is 4.90 Å². The highest BCUT2D eigenvalue weighted by molar-refractivity contribution is 7.98. The summed E-state index contributed by atoms with van der Waals surface area (Å²) in [5.41, 5.74) is 2.08. The molecule has 1 heterocycles. The molecule has 5 heteroatoms. The highest BCUT2D eigenvalue weighted by Gasteiger charge is 2.29. The summed E-state index contributed by atoms with van der Waals surface area (Å²) in [7, 11) is 0. The van der Waals surface area contributed by atoms with Crippen molar-refractivity contribution in [2.75, 3.05) is 6.61 Å². The van der Waals surface area contributed by atoms with Gasteiger partial charge in [-0.1, -0.05) is 41.9 Å². The third-order valence-electron chi connectivity index (χ3n) is 3.32. The predicted octanol–water partition coefficient (Wildman–Crippen LogP) is 4.63. The summed E-state index contributed by atoms with van der Waals surface area (Å²) in [4.78, 5) is 12.1. The molecule has 0 N–H and O–H groups in total. The minimum absolute atomic E-state index is 0.320. The van der Waals surface area contributed by atoms with Crippen molar-refractivity contribution in [3.63, 3.8) is 0 Å². The lowest BCUT2D eigenvalue weighted by Gasteiger charge is -2.10. The van der Waals surface area contributed by atoms with Crippen LogP contribution in [0.4, 0.5) is 0 Å². The quantitative estimate of drug-likeness (QED) is 0.603. The summed E-state index contributed by atoms with van der Waals surface area (Å²) < 4.78 is 11.0. The number of hydrogen-bond donors (Lipinski definition) is 0. The van der Waals surface area contributed by atoms with E-state index in [4.69, 9.17) is 21.1 Å². The fourth-order valence-electron chi connectivity index (χ4n) is 2.37. The fourth-order valence-corrected chi connectivity index (χ4v) is 3.70. The van der Waals surface area contributed by atoms with Crippen LogP contribution in [0.2, 0.25) is 5.02 Å². The molecule has 114 valence electrons. The van der Waals surface area contributed by atoms with E-state index in [1.165, 1.54) is 12.5 Å². The molecule has 2 aromatic rings. The SMILES string of the molecule is CC(=O)O[C@H]1COc2c(SCc3ccccc3)cc(Cl)cc21. The Morgan fingerprint density at radius 2 is 2.14 bits per heavy atom. The first-order chi connectivity index (χ1) is 10.6. The van der Waals surface area contributed by atoms with Crippen molar-refractivity contribution in [3.05, 3.63) is 58.6 Å².